The summed E-state index contributed by atoms with van der Waals surface area (Å²) in [5.74, 6) is 1.31. The van der Waals surface area contributed by atoms with Crippen molar-refractivity contribution >= 4 is 11.6 Å². The fourth-order valence-corrected chi connectivity index (χ4v) is 2.26. The van der Waals surface area contributed by atoms with Crippen LogP contribution in [0.4, 0.5) is 5.69 Å². The van der Waals surface area contributed by atoms with E-state index in [2.05, 4.69) is 26.1 Å². The lowest BCUT2D eigenvalue weighted by molar-refractivity contribution is -0.116. The van der Waals surface area contributed by atoms with Crippen molar-refractivity contribution in [3.63, 3.8) is 0 Å². The lowest BCUT2D eigenvalue weighted by Crippen LogP contribution is -2.17. The van der Waals surface area contributed by atoms with Gasteiger partial charge in [0.2, 0.25) is 5.91 Å². The van der Waals surface area contributed by atoms with Gasteiger partial charge in [-0.25, -0.2) is 0 Å². The van der Waals surface area contributed by atoms with Gasteiger partial charge in [-0.05, 0) is 35.2 Å². The molecule has 0 saturated carbocycles. The molecule has 0 fully saturated rings. The molecule has 0 aliphatic heterocycles. The van der Waals surface area contributed by atoms with Crippen molar-refractivity contribution in [1.29, 1.82) is 0 Å². The van der Waals surface area contributed by atoms with Crippen LogP contribution >= 0.6 is 0 Å². The quantitative estimate of drug-likeness (QED) is 0.855. The van der Waals surface area contributed by atoms with Crippen molar-refractivity contribution < 1.29 is 14.3 Å². The first-order valence-corrected chi connectivity index (χ1v) is 8.06. The first kappa shape index (κ1) is 17.9. The van der Waals surface area contributed by atoms with Crippen LogP contribution in [0.1, 0.15) is 32.8 Å². The van der Waals surface area contributed by atoms with Gasteiger partial charge in [-0.2, -0.15) is 0 Å². The summed E-state index contributed by atoms with van der Waals surface area (Å²) in [4.78, 5) is 12.2. The van der Waals surface area contributed by atoms with E-state index in [4.69, 9.17) is 9.47 Å². The molecule has 0 heterocycles. The predicted octanol–water partition coefficient (Wildman–Crippen LogP) is 4.40. The molecule has 2 rings (SSSR count). The van der Waals surface area contributed by atoms with E-state index in [-0.39, 0.29) is 17.7 Å². The number of para-hydroxylation sites is 1. The summed E-state index contributed by atoms with van der Waals surface area (Å²) >= 11 is 0. The van der Waals surface area contributed by atoms with Crippen LogP contribution in [0.5, 0.6) is 11.5 Å². The molecular formula is C20H25NO3. The summed E-state index contributed by atoms with van der Waals surface area (Å²) in [6.45, 7) is 6.73. The highest BCUT2D eigenvalue weighted by Crippen LogP contribution is 2.31. The molecule has 2 aromatic rings. The van der Waals surface area contributed by atoms with Gasteiger partial charge in [0.25, 0.3) is 0 Å². The molecule has 0 unspecified atom stereocenters. The third-order valence-corrected chi connectivity index (χ3v) is 3.68. The first-order valence-electron chi connectivity index (χ1n) is 8.06. The number of carbonyl (C=O) groups excluding carboxylic acids is 1. The summed E-state index contributed by atoms with van der Waals surface area (Å²) in [5, 5.41) is 2.92. The van der Waals surface area contributed by atoms with Crippen molar-refractivity contribution in [2.75, 3.05) is 19.0 Å². The monoisotopic (exact) mass is 327 g/mol. The number of anilines is 1. The van der Waals surface area contributed by atoms with Crippen molar-refractivity contribution in [1.82, 2.24) is 0 Å². The maximum atomic E-state index is 12.2. The smallest absolute Gasteiger partial charge is 0.227 e. The number of ether oxygens (including phenoxy) is 2. The lowest BCUT2D eigenvalue weighted by atomic mass is 9.87. The Balaban J connectivity index is 1.97. The highest BCUT2D eigenvalue weighted by atomic mass is 16.5. The molecular weight excluding hydrogens is 302 g/mol. The van der Waals surface area contributed by atoms with Gasteiger partial charge in [-0.3, -0.25) is 4.79 Å². The molecule has 0 saturated heterocycles. The molecule has 4 heteroatoms. The Morgan fingerprint density at radius 3 is 2.42 bits per heavy atom. The minimum Gasteiger partial charge on any atom is -0.495 e. The molecule has 128 valence electrons. The Labute approximate surface area is 143 Å². The lowest BCUT2D eigenvalue weighted by Gasteiger charge is -2.21. The minimum atomic E-state index is -0.102. The average Bonchev–Trinajstić information content (AvgIpc) is 2.55. The highest BCUT2D eigenvalue weighted by molar-refractivity contribution is 5.92. The second-order valence-electron chi connectivity index (χ2n) is 6.62. The third-order valence-electron chi connectivity index (χ3n) is 3.68. The zero-order chi connectivity index (χ0) is 17.6. The van der Waals surface area contributed by atoms with E-state index in [0.717, 1.165) is 11.3 Å². The van der Waals surface area contributed by atoms with Crippen molar-refractivity contribution in [2.45, 2.75) is 32.6 Å². The van der Waals surface area contributed by atoms with Crippen LogP contribution in [0.25, 0.3) is 0 Å². The van der Waals surface area contributed by atoms with Gasteiger partial charge < -0.3 is 14.8 Å². The third kappa shape index (κ3) is 5.01. The van der Waals surface area contributed by atoms with E-state index in [1.54, 1.807) is 7.11 Å². The van der Waals surface area contributed by atoms with Gasteiger partial charge in [-0.15, -0.1) is 0 Å². The number of methoxy groups -OCH3 is 1. The zero-order valence-electron chi connectivity index (χ0n) is 14.8. The SMILES string of the molecule is COc1ccc(C(C)(C)C)cc1NC(=O)CCOc1ccccc1. The highest BCUT2D eigenvalue weighted by Gasteiger charge is 2.17. The number of nitrogens with one attached hydrogen (secondary N) is 1. The van der Waals surface area contributed by atoms with Crippen molar-refractivity contribution in [3.8, 4) is 11.5 Å². The molecule has 0 spiro atoms. The predicted molar refractivity (Wildman–Crippen MR) is 96.9 cm³/mol. The maximum absolute atomic E-state index is 12.2. The van der Waals surface area contributed by atoms with E-state index >= 15 is 0 Å². The Bertz CT molecular complexity index is 675. The van der Waals surface area contributed by atoms with Crippen LogP contribution in [0.15, 0.2) is 48.5 Å². The summed E-state index contributed by atoms with van der Waals surface area (Å²) in [6, 6.07) is 15.3. The van der Waals surface area contributed by atoms with Crippen LogP contribution in [0, 0.1) is 0 Å². The molecule has 0 aromatic heterocycles. The molecule has 0 aliphatic rings. The standard InChI is InChI=1S/C20H25NO3/c1-20(2,3)15-10-11-18(23-4)17(14-15)21-19(22)12-13-24-16-8-6-5-7-9-16/h5-11,14H,12-13H2,1-4H3,(H,21,22). The Morgan fingerprint density at radius 1 is 1.08 bits per heavy atom. The second kappa shape index (κ2) is 7.86. The molecule has 0 bridgehead atoms. The van der Waals surface area contributed by atoms with Crippen molar-refractivity contribution in [2.24, 2.45) is 0 Å². The van der Waals surface area contributed by atoms with Crippen LogP contribution in [-0.4, -0.2) is 19.6 Å². The number of amides is 1. The number of rotatable bonds is 6. The number of hydrogen-bond acceptors (Lipinski definition) is 3. The Kier molecular flexibility index (Phi) is 5.85. The molecule has 0 aliphatic carbocycles. The molecule has 0 atom stereocenters. The van der Waals surface area contributed by atoms with Gasteiger partial charge in [0.05, 0.1) is 25.8 Å². The Hall–Kier alpha value is -2.49. The number of carbonyl (C=O) groups is 1. The maximum Gasteiger partial charge on any atom is 0.227 e. The fourth-order valence-electron chi connectivity index (χ4n) is 2.26. The zero-order valence-corrected chi connectivity index (χ0v) is 14.8. The van der Waals surface area contributed by atoms with Gasteiger partial charge in [0.1, 0.15) is 11.5 Å². The Morgan fingerprint density at radius 2 is 1.79 bits per heavy atom. The summed E-state index contributed by atoms with van der Waals surface area (Å²) < 4.78 is 10.9. The second-order valence-corrected chi connectivity index (χ2v) is 6.62. The van der Waals surface area contributed by atoms with Crippen LogP contribution in [0.3, 0.4) is 0 Å². The average molecular weight is 327 g/mol. The summed E-state index contributed by atoms with van der Waals surface area (Å²) in [5.41, 5.74) is 1.83. The van der Waals surface area contributed by atoms with E-state index in [1.807, 2.05) is 48.5 Å². The van der Waals surface area contributed by atoms with Gasteiger partial charge in [0.15, 0.2) is 0 Å². The molecule has 24 heavy (non-hydrogen) atoms. The molecule has 4 nitrogen and oxygen atoms in total. The molecule has 2 aromatic carbocycles. The molecule has 1 amide bonds. The van der Waals surface area contributed by atoms with Crippen LogP contribution < -0.4 is 14.8 Å². The molecule has 0 radical (unpaired) electrons. The van der Waals surface area contributed by atoms with Gasteiger partial charge in [0, 0.05) is 0 Å². The van der Waals surface area contributed by atoms with Crippen LogP contribution in [-0.2, 0) is 10.2 Å². The fraction of sp³-hybridized carbons (Fsp3) is 0.350. The summed E-state index contributed by atoms with van der Waals surface area (Å²) in [7, 11) is 1.60. The van der Waals surface area contributed by atoms with Gasteiger partial charge >= 0.3 is 0 Å². The van der Waals surface area contributed by atoms with E-state index in [0.29, 0.717) is 18.0 Å². The van der Waals surface area contributed by atoms with E-state index in [1.165, 1.54) is 0 Å². The van der Waals surface area contributed by atoms with Crippen LogP contribution in [0.2, 0.25) is 0 Å². The minimum absolute atomic E-state index is 0.00215. The number of hydrogen-bond donors (Lipinski definition) is 1. The largest absolute Gasteiger partial charge is 0.495 e. The van der Waals surface area contributed by atoms with E-state index in [9.17, 15) is 4.79 Å². The number of benzene rings is 2. The van der Waals surface area contributed by atoms with Gasteiger partial charge in [-0.1, -0.05) is 45.0 Å². The topological polar surface area (TPSA) is 47.6 Å². The van der Waals surface area contributed by atoms with E-state index < -0.39 is 0 Å². The molecule has 1 N–H and O–H groups in total. The van der Waals surface area contributed by atoms with Crippen molar-refractivity contribution in [3.05, 3.63) is 54.1 Å². The normalized spacial score (nSPS) is 11.0. The summed E-state index contributed by atoms with van der Waals surface area (Å²) in [6.07, 6.45) is 0.276. The first-order chi connectivity index (χ1) is 11.4.